The molecule has 0 spiro atoms. The first-order valence-corrected chi connectivity index (χ1v) is 10.8. The van der Waals surface area contributed by atoms with Gasteiger partial charge in [0, 0.05) is 17.7 Å². The topological polar surface area (TPSA) is 38.3 Å². The smallest absolute Gasteiger partial charge is 0.170 e. The molecular weight excluding hydrogens is 378 g/mol. The lowest BCUT2D eigenvalue weighted by molar-refractivity contribution is 0.102. The van der Waals surface area contributed by atoms with Crippen LogP contribution in [0.2, 0.25) is 0 Å². The van der Waals surface area contributed by atoms with E-state index in [2.05, 4.69) is 62.5 Å². The highest BCUT2D eigenvalue weighted by Crippen LogP contribution is 2.45. The van der Waals surface area contributed by atoms with E-state index in [0.29, 0.717) is 5.92 Å². The number of ketones is 1. The maximum absolute atomic E-state index is 12.3. The number of aryl methyl sites for hydroxylation is 1. The minimum Gasteiger partial charge on any atom is -0.496 e. The predicted octanol–water partition coefficient (Wildman–Crippen LogP) is 6.23. The van der Waals surface area contributed by atoms with Crippen molar-refractivity contribution >= 4 is 17.1 Å². The van der Waals surface area contributed by atoms with Crippen molar-refractivity contribution < 1.29 is 9.53 Å². The SMILES string of the molecule is CNC[C@H](C)c1ccc(-c2c(OC)cc(C)c(C)c2-c2ccsc2C(C)=O)cc1. The summed E-state index contributed by atoms with van der Waals surface area (Å²) >= 11 is 1.50. The quantitative estimate of drug-likeness (QED) is 0.472. The van der Waals surface area contributed by atoms with Gasteiger partial charge < -0.3 is 10.1 Å². The van der Waals surface area contributed by atoms with Crippen LogP contribution in [0.5, 0.6) is 5.75 Å². The van der Waals surface area contributed by atoms with Crippen molar-refractivity contribution in [3.05, 3.63) is 63.3 Å². The van der Waals surface area contributed by atoms with Crippen LogP contribution in [0.25, 0.3) is 22.3 Å². The van der Waals surface area contributed by atoms with Crippen molar-refractivity contribution in [1.29, 1.82) is 0 Å². The monoisotopic (exact) mass is 407 g/mol. The molecule has 0 fully saturated rings. The van der Waals surface area contributed by atoms with Crippen LogP contribution in [0.1, 0.15) is 46.1 Å². The number of methoxy groups -OCH3 is 1. The fourth-order valence-electron chi connectivity index (χ4n) is 3.85. The molecule has 1 aromatic heterocycles. The molecule has 1 heterocycles. The van der Waals surface area contributed by atoms with E-state index in [-0.39, 0.29) is 5.78 Å². The summed E-state index contributed by atoms with van der Waals surface area (Å²) in [5.41, 5.74) is 7.85. The second-order valence-corrected chi connectivity index (χ2v) is 8.49. The molecule has 0 radical (unpaired) electrons. The average Bonchev–Trinajstić information content (AvgIpc) is 3.19. The zero-order valence-electron chi connectivity index (χ0n) is 18.1. The Balaban J connectivity index is 2.24. The molecule has 0 aliphatic rings. The molecule has 0 saturated carbocycles. The number of Topliss-reactive ketones (excluding diaryl/α,β-unsaturated/α-hetero) is 1. The highest BCUT2D eigenvalue weighted by Gasteiger charge is 2.22. The lowest BCUT2D eigenvalue weighted by atomic mass is 9.87. The number of benzene rings is 2. The molecule has 3 aromatic rings. The number of rotatable bonds is 7. The molecule has 0 amide bonds. The van der Waals surface area contributed by atoms with Crippen LogP contribution in [0.3, 0.4) is 0 Å². The van der Waals surface area contributed by atoms with Crippen molar-refractivity contribution in [3.63, 3.8) is 0 Å². The molecule has 152 valence electrons. The van der Waals surface area contributed by atoms with Gasteiger partial charge in [0.25, 0.3) is 0 Å². The van der Waals surface area contributed by atoms with Crippen LogP contribution in [0, 0.1) is 13.8 Å². The highest BCUT2D eigenvalue weighted by molar-refractivity contribution is 7.12. The molecule has 3 nitrogen and oxygen atoms in total. The first-order chi connectivity index (χ1) is 13.9. The van der Waals surface area contributed by atoms with Gasteiger partial charge in [-0.3, -0.25) is 4.79 Å². The van der Waals surface area contributed by atoms with Gasteiger partial charge in [-0.25, -0.2) is 0 Å². The Bertz CT molecular complexity index is 1020. The van der Waals surface area contributed by atoms with E-state index in [4.69, 9.17) is 4.74 Å². The Morgan fingerprint density at radius 1 is 1.14 bits per heavy atom. The van der Waals surface area contributed by atoms with E-state index in [9.17, 15) is 4.79 Å². The van der Waals surface area contributed by atoms with Crippen LogP contribution in [0.4, 0.5) is 0 Å². The standard InChI is InChI=1S/C25H29NO2S/c1-15-13-22(28-6)24(20-9-7-19(8-10-20)16(2)14-26-5)23(17(15)3)21-11-12-29-25(21)18(4)27/h7-13,16,26H,14H2,1-6H3/t16-/m0/s1. The largest absolute Gasteiger partial charge is 0.496 e. The average molecular weight is 408 g/mol. The zero-order chi connectivity index (χ0) is 21.1. The maximum atomic E-state index is 12.3. The van der Waals surface area contributed by atoms with Crippen molar-refractivity contribution in [3.8, 4) is 28.0 Å². The van der Waals surface area contributed by atoms with E-state index < -0.39 is 0 Å². The summed E-state index contributed by atoms with van der Waals surface area (Å²) in [6.45, 7) is 9.01. The van der Waals surface area contributed by atoms with Gasteiger partial charge in [0.15, 0.2) is 5.78 Å². The number of hydrogen-bond donors (Lipinski definition) is 1. The summed E-state index contributed by atoms with van der Waals surface area (Å²) in [7, 11) is 3.69. The molecule has 0 aliphatic carbocycles. The highest BCUT2D eigenvalue weighted by atomic mass is 32.1. The number of ether oxygens (including phenoxy) is 1. The van der Waals surface area contributed by atoms with Gasteiger partial charge in [-0.15, -0.1) is 11.3 Å². The number of hydrogen-bond acceptors (Lipinski definition) is 4. The number of carbonyl (C=O) groups is 1. The molecule has 29 heavy (non-hydrogen) atoms. The molecule has 4 heteroatoms. The van der Waals surface area contributed by atoms with Crippen molar-refractivity contribution in [2.75, 3.05) is 20.7 Å². The van der Waals surface area contributed by atoms with Crippen LogP contribution in [0.15, 0.2) is 41.8 Å². The van der Waals surface area contributed by atoms with Gasteiger partial charge in [0.1, 0.15) is 5.75 Å². The van der Waals surface area contributed by atoms with Crippen molar-refractivity contribution in [1.82, 2.24) is 5.32 Å². The predicted molar refractivity (Wildman–Crippen MR) is 124 cm³/mol. The summed E-state index contributed by atoms with van der Waals surface area (Å²) in [5, 5.41) is 5.23. The molecule has 0 unspecified atom stereocenters. The van der Waals surface area contributed by atoms with E-state index in [1.54, 1.807) is 14.0 Å². The molecule has 0 saturated heterocycles. The fraction of sp³-hybridized carbons (Fsp3) is 0.320. The summed E-state index contributed by atoms with van der Waals surface area (Å²) in [6.07, 6.45) is 0. The van der Waals surface area contributed by atoms with Gasteiger partial charge in [-0.05, 0) is 79.1 Å². The third kappa shape index (κ3) is 4.14. The first kappa shape index (κ1) is 21.3. The number of likely N-dealkylation sites (N-methyl/N-ethyl adjacent to an activating group) is 1. The third-order valence-electron chi connectivity index (χ3n) is 5.56. The van der Waals surface area contributed by atoms with Gasteiger partial charge in [0.2, 0.25) is 0 Å². The van der Waals surface area contributed by atoms with E-state index in [0.717, 1.165) is 45.0 Å². The molecule has 1 N–H and O–H groups in total. The number of carbonyl (C=O) groups excluding carboxylic acids is 1. The molecule has 0 bridgehead atoms. The Morgan fingerprint density at radius 2 is 1.83 bits per heavy atom. The van der Waals surface area contributed by atoms with Gasteiger partial charge in [-0.1, -0.05) is 31.2 Å². The maximum Gasteiger partial charge on any atom is 0.170 e. The van der Waals surface area contributed by atoms with Crippen LogP contribution < -0.4 is 10.1 Å². The van der Waals surface area contributed by atoms with Crippen LogP contribution >= 0.6 is 11.3 Å². The Hall–Kier alpha value is -2.43. The second kappa shape index (κ2) is 8.93. The van der Waals surface area contributed by atoms with E-state index in [1.165, 1.54) is 22.5 Å². The molecule has 0 aliphatic heterocycles. The number of thiophene rings is 1. The van der Waals surface area contributed by atoms with Gasteiger partial charge in [-0.2, -0.15) is 0 Å². The second-order valence-electron chi connectivity index (χ2n) is 7.57. The Kier molecular flexibility index (Phi) is 6.56. The summed E-state index contributed by atoms with van der Waals surface area (Å²) in [6, 6.07) is 12.8. The summed E-state index contributed by atoms with van der Waals surface area (Å²) in [5.74, 6) is 1.37. The first-order valence-electron chi connectivity index (χ1n) is 9.90. The van der Waals surface area contributed by atoms with Crippen molar-refractivity contribution in [2.45, 2.75) is 33.6 Å². The van der Waals surface area contributed by atoms with E-state index in [1.807, 2.05) is 12.4 Å². The Labute approximate surface area is 177 Å². The van der Waals surface area contributed by atoms with Crippen LogP contribution in [-0.2, 0) is 0 Å². The molecule has 1 atom stereocenters. The molecule has 2 aromatic carbocycles. The zero-order valence-corrected chi connectivity index (χ0v) is 18.9. The van der Waals surface area contributed by atoms with Crippen LogP contribution in [-0.4, -0.2) is 26.5 Å². The fourth-order valence-corrected chi connectivity index (χ4v) is 4.65. The Morgan fingerprint density at radius 3 is 2.41 bits per heavy atom. The summed E-state index contributed by atoms with van der Waals surface area (Å²) in [4.78, 5) is 13.0. The molecule has 3 rings (SSSR count). The van der Waals surface area contributed by atoms with E-state index >= 15 is 0 Å². The molecular formula is C25H29NO2S. The van der Waals surface area contributed by atoms with Crippen molar-refractivity contribution in [2.24, 2.45) is 0 Å². The van der Waals surface area contributed by atoms with Gasteiger partial charge >= 0.3 is 0 Å². The number of nitrogens with one attached hydrogen (secondary N) is 1. The summed E-state index contributed by atoms with van der Waals surface area (Å²) < 4.78 is 5.80. The van der Waals surface area contributed by atoms with Gasteiger partial charge in [0.05, 0.1) is 12.0 Å². The lowest BCUT2D eigenvalue weighted by Gasteiger charge is -2.20. The lowest BCUT2D eigenvalue weighted by Crippen LogP contribution is -2.14. The third-order valence-corrected chi connectivity index (χ3v) is 6.58. The minimum absolute atomic E-state index is 0.0945. The normalized spacial score (nSPS) is 12.1. The minimum atomic E-state index is 0.0945.